The zero-order valence-corrected chi connectivity index (χ0v) is 17.9. The van der Waals surface area contributed by atoms with Crippen LogP contribution < -0.4 is 4.90 Å². The fourth-order valence-electron chi connectivity index (χ4n) is 3.51. The molecule has 0 aromatic heterocycles. The number of carbonyl (C=O) groups excluding carboxylic acids is 3. The van der Waals surface area contributed by atoms with E-state index in [1.54, 1.807) is 9.80 Å². The molecule has 0 saturated carbocycles. The summed E-state index contributed by atoms with van der Waals surface area (Å²) in [6.07, 6.45) is 0.259. The van der Waals surface area contributed by atoms with E-state index in [1.165, 1.54) is 4.90 Å². The van der Waals surface area contributed by atoms with E-state index in [-0.39, 0.29) is 49.8 Å². The molecule has 30 heavy (non-hydrogen) atoms. The molecule has 1 aliphatic heterocycles. The van der Waals surface area contributed by atoms with Gasteiger partial charge in [-0.25, -0.2) is 0 Å². The van der Waals surface area contributed by atoms with Gasteiger partial charge in [0.05, 0.1) is 13.0 Å². The van der Waals surface area contributed by atoms with Crippen molar-refractivity contribution in [3.05, 3.63) is 65.7 Å². The van der Waals surface area contributed by atoms with E-state index in [1.807, 2.05) is 75.4 Å². The quantitative estimate of drug-likeness (QED) is 0.709. The molecular weight excluding hydrogens is 378 g/mol. The summed E-state index contributed by atoms with van der Waals surface area (Å²) < 4.78 is 0. The van der Waals surface area contributed by atoms with Crippen LogP contribution >= 0.6 is 0 Å². The third-order valence-corrected chi connectivity index (χ3v) is 5.10. The first-order chi connectivity index (χ1) is 14.3. The molecule has 6 heteroatoms. The first-order valence-corrected chi connectivity index (χ1v) is 10.3. The molecule has 0 N–H and O–H groups in total. The van der Waals surface area contributed by atoms with E-state index >= 15 is 0 Å². The monoisotopic (exact) mass is 407 g/mol. The van der Waals surface area contributed by atoms with Crippen molar-refractivity contribution in [3.63, 3.8) is 0 Å². The molecule has 0 atom stereocenters. The van der Waals surface area contributed by atoms with Gasteiger partial charge in [-0.15, -0.1) is 0 Å². The summed E-state index contributed by atoms with van der Waals surface area (Å²) in [6, 6.07) is 17.2. The summed E-state index contributed by atoms with van der Waals surface area (Å²) >= 11 is 0. The van der Waals surface area contributed by atoms with Gasteiger partial charge in [-0.3, -0.25) is 19.3 Å². The summed E-state index contributed by atoms with van der Waals surface area (Å²) in [4.78, 5) is 43.0. The molecule has 1 heterocycles. The van der Waals surface area contributed by atoms with Crippen LogP contribution in [0.3, 0.4) is 0 Å². The zero-order valence-electron chi connectivity index (χ0n) is 17.9. The fraction of sp³-hybridized carbons (Fsp3) is 0.375. The van der Waals surface area contributed by atoms with Crippen molar-refractivity contribution in [1.29, 1.82) is 0 Å². The molecule has 1 fully saturated rings. The summed E-state index contributed by atoms with van der Waals surface area (Å²) in [5, 5.41) is 0. The molecule has 0 aliphatic carbocycles. The Labute approximate surface area is 178 Å². The molecular formula is C24H29N3O3. The van der Waals surface area contributed by atoms with Crippen LogP contribution in [0.15, 0.2) is 54.6 Å². The second-order valence-corrected chi connectivity index (χ2v) is 8.22. The van der Waals surface area contributed by atoms with Crippen molar-refractivity contribution < 1.29 is 14.4 Å². The summed E-state index contributed by atoms with van der Waals surface area (Å²) in [5.74, 6) is -0.163. The minimum absolute atomic E-state index is 0.0150. The lowest BCUT2D eigenvalue weighted by Gasteiger charge is -2.26. The van der Waals surface area contributed by atoms with Crippen molar-refractivity contribution >= 4 is 23.4 Å². The van der Waals surface area contributed by atoms with E-state index in [0.717, 1.165) is 16.8 Å². The average molecular weight is 408 g/mol. The van der Waals surface area contributed by atoms with E-state index in [2.05, 4.69) is 0 Å². The number of carbonyl (C=O) groups is 3. The van der Waals surface area contributed by atoms with Crippen LogP contribution in [-0.2, 0) is 20.8 Å². The fourth-order valence-corrected chi connectivity index (χ4v) is 3.51. The van der Waals surface area contributed by atoms with Gasteiger partial charge in [0.2, 0.25) is 17.7 Å². The minimum atomic E-state index is -0.208. The van der Waals surface area contributed by atoms with Crippen LogP contribution in [0.5, 0.6) is 0 Å². The highest BCUT2D eigenvalue weighted by Crippen LogP contribution is 2.20. The van der Waals surface area contributed by atoms with Crippen LogP contribution in [-0.4, -0.2) is 53.8 Å². The van der Waals surface area contributed by atoms with Crippen LogP contribution in [0.1, 0.15) is 25.0 Å². The van der Waals surface area contributed by atoms with Gasteiger partial charge in [0.15, 0.2) is 0 Å². The smallest absolute Gasteiger partial charge is 0.248 e. The van der Waals surface area contributed by atoms with Crippen molar-refractivity contribution in [2.24, 2.45) is 5.92 Å². The standard InChI is InChI=1S/C24H29N3O3/c1-18(2)14-25(22(28)13-20-7-5-4-6-8-20)15-23(29)26-16-24(30)27(17-26)21-11-9-19(3)10-12-21/h4-12,18H,13-17H2,1-3H3. The maximum Gasteiger partial charge on any atom is 0.248 e. The van der Waals surface area contributed by atoms with Crippen LogP contribution in [0.4, 0.5) is 5.69 Å². The van der Waals surface area contributed by atoms with Gasteiger partial charge in [-0.05, 0) is 30.5 Å². The highest BCUT2D eigenvalue weighted by molar-refractivity contribution is 6.00. The number of rotatable bonds is 7. The molecule has 0 spiro atoms. The Balaban J connectivity index is 1.65. The zero-order chi connectivity index (χ0) is 21.7. The summed E-state index contributed by atoms with van der Waals surface area (Å²) in [6.45, 7) is 6.76. The molecule has 158 valence electrons. The van der Waals surface area contributed by atoms with Gasteiger partial charge in [-0.2, -0.15) is 0 Å². The predicted octanol–water partition coefficient (Wildman–Crippen LogP) is 2.86. The van der Waals surface area contributed by atoms with Crippen LogP contribution in [0, 0.1) is 12.8 Å². The van der Waals surface area contributed by atoms with Gasteiger partial charge in [0.25, 0.3) is 0 Å². The molecule has 1 aliphatic rings. The first-order valence-electron chi connectivity index (χ1n) is 10.3. The number of anilines is 1. The van der Waals surface area contributed by atoms with Gasteiger partial charge >= 0.3 is 0 Å². The van der Waals surface area contributed by atoms with E-state index in [0.29, 0.717) is 6.54 Å². The lowest BCUT2D eigenvalue weighted by Crippen LogP contribution is -2.44. The molecule has 1 saturated heterocycles. The van der Waals surface area contributed by atoms with Crippen molar-refractivity contribution in [2.45, 2.75) is 27.2 Å². The Hall–Kier alpha value is -3.15. The molecule has 2 aromatic rings. The second-order valence-electron chi connectivity index (χ2n) is 8.22. The number of hydrogen-bond acceptors (Lipinski definition) is 3. The number of hydrogen-bond donors (Lipinski definition) is 0. The Bertz CT molecular complexity index is 894. The lowest BCUT2D eigenvalue weighted by atomic mass is 10.1. The van der Waals surface area contributed by atoms with E-state index < -0.39 is 0 Å². The Morgan fingerprint density at radius 1 is 1.03 bits per heavy atom. The largest absolute Gasteiger partial charge is 0.333 e. The first kappa shape index (κ1) is 21.6. The number of nitrogens with zero attached hydrogens (tertiary/aromatic N) is 3. The number of benzene rings is 2. The molecule has 2 aromatic carbocycles. The van der Waals surface area contributed by atoms with Crippen molar-refractivity contribution in [2.75, 3.05) is 31.2 Å². The van der Waals surface area contributed by atoms with Gasteiger partial charge in [0, 0.05) is 12.2 Å². The maximum atomic E-state index is 12.9. The maximum absolute atomic E-state index is 12.9. The molecule has 3 rings (SSSR count). The van der Waals surface area contributed by atoms with Crippen LogP contribution in [0.25, 0.3) is 0 Å². The highest BCUT2D eigenvalue weighted by atomic mass is 16.2. The van der Waals surface area contributed by atoms with Gasteiger partial charge < -0.3 is 9.80 Å². The lowest BCUT2D eigenvalue weighted by molar-refractivity contribution is -0.140. The van der Waals surface area contributed by atoms with Gasteiger partial charge in [-0.1, -0.05) is 61.9 Å². The van der Waals surface area contributed by atoms with E-state index in [4.69, 9.17) is 0 Å². The highest BCUT2D eigenvalue weighted by Gasteiger charge is 2.33. The second kappa shape index (κ2) is 9.57. The third-order valence-electron chi connectivity index (χ3n) is 5.10. The number of aryl methyl sites for hydroxylation is 1. The summed E-state index contributed by atoms with van der Waals surface area (Å²) in [5.41, 5.74) is 2.81. The van der Waals surface area contributed by atoms with Crippen molar-refractivity contribution in [1.82, 2.24) is 9.80 Å². The molecule has 6 nitrogen and oxygen atoms in total. The number of amides is 3. The molecule has 0 radical (unpaired) electrons. The Kier molecular flexibility index (Phi) is 6.87. The topological polar surface area (TPSA) is 60.9 Å². The van der Waals surface area contributed by atoms with Crippen molar-refractivity contribution in [3.8, 4) is 0 Å². The average Bonchev–Trinajstić information content (AvgIpc) is 3.10. The Morgan fingerprint density at radius 3 is 2.33 bits per heavy atom. The van der Waals surface area contributed by atoms with Gasteiger partial charge in [0.1, 0.15) is 13.2 Å². The predicted molar refractivity (Wildman–Crippen MR) is 117 cm³/mol. The summed E-state index contributed by atoms with van der Waals surface area (Å²) in [7, 11) is 0. The third kappa shape index (κ3) is 5.47. The molecule has 0 unspecified atom stereocenters. The minimum Gasteiger partial charge on any atom is -0.333 e. The molecule has 3 amide bonds. The molecule has 0 bridgehead atoms. The Morgan fingerprint density at radius 2 is 1.70 bits per heavy atom. The van der Waals surface area contributed by atoms with Crippen LogP contribution in [0.2, 0.25) is 0 Å². The SMILES string of the molecule is Cc1ccc(N2CN(C(=O)CN(CC(C)C)C(=O)Cc3ccccc3)CC2=O)cc1. The normalized spacial score (nSPS) is 13.8. The van der Waals surface area contributed by atoms with E-state index in [9.17, 15) is 14.4 Å².